The molecule has 0 saturated heterocycles. The zero-order chi connectivity index (χ0) is 9.84. The van der Waals surface area contributed by atoms with Gasteiger partial charge in [0.05, 0.1) is 0 Å². The molecule has 1 aliphatic rings. The Labute approximate surface area is 80.8 Å². The molecule has 0 saturated carbocycles. The summed E-state index contributed by atoms with van der Waals surface area (Å²) in [5, 5.41) is 0. The van der Waals surface area contributed by atoms with Gasteiger partial charge in [-0.15, -0.1) is 0 Å². The van der Waals surface area contributed by atoms with Crippen LogP contribution in [0.1, 0.15) is 0 Å². The van der Waals surface area contributed by atoms with Gasteiger partial charge in [0.2, 0.25) is 0 Å². The van der Waals surface area contributed by atoms with Crippen molar-refractivity contribution >= 4 is 0 Å². The highest BCUT2D eigenvalue weighted by Gasteiger charge is 2.07. The normalized spacial score (nSPS) is 18.5. The highest BCUT2D eigenvalue weighted by Crippen LogP contribution is 2.18. The summed E-state index contributed by atoms with van der Waals surface area (Å²) in [4.78, 5) is 4.26. The van der Waals surface area contributed by atoms with Crippen LogP contribution in [0.15, 0.2) is 35.6 Å². The SMILES string of the molecule is CN(C)/C=C1\C=CC=C1CN(C)C. The van der Waals surface area contributed by atoms with E-state index < -0.39 is 0 Å². The van der Waals surface area contributed by atoms with E-state index in [2.05, 4.69) is 48.3 Å². The lowest BCUT2D eigenvalue weighted by Gasteiger charge is -2.13. The van der Waals surface area contributed by atoms with Crippen LogP contribution in [0, 0.1) is 0 Å². The molecule has 0 aliphatic heterocycles. The van der Waals surface area contributed by atoms with Crippen LogP contribution in [-0.2, 0) is 0 Å². The van der Waals surface area contributed by atoms with E-state index in [4.69, 9.17) is 0 Å². The maximum atomic E-state index is 2.18. The van der Waals surface area contributed by atoms with Crippen molar-refractivity contribution in [2.45, 2.75) is 0 Å². The number of nitrogens with zero attached hydrogens (tertiary/aromatic N) is 2. The lowest BCUT2D eigenvalue weighted by Crippen LogP contribution is -2.16. The minimum atomic E-state index is 1.01. The van der Waals surface area contributed by atoms with E-state index in [1.807, 2.05) is 14.1 Å². The zero-order valence-corrected chi connectivity index (χ0v) is 8.91. The maximum Gasteiger partial charge on any atom is 0.0234 e. The van der Waals surface area contributed by atoms with E-state index >= 15 is 0 Å². The minimum absolute atomic E-state index is 1.01. The molecule has 2 heteroatoms. The van der Waals surface area contributed by atoms with Gasteiger partial charge < -0.3 is 9.80 Å². The monoisotopic (exact) mass is 178 g/mol. The summed E-state index contributed by atoms with van der Waals surface area (Å²) in [5.74, 6) is 0. The standard InChI is InChI=1S/C11H18N2/c1-12(2)8-10-6-5-7-11(10)9-13(3)4/h5-8H,9H2,1-4H3/b10-8+. The fourth-order valence-electron chi connectivity index (χ4n) is 1.36. The molecule has 0 spiro atoms. The van der Waals surface area contributed by atoms with Crippen LogP contribution in [0.5, 0.6) is 0 Å². The van der Waals surface area contributed by atoms with Gasteiger partial charge in [-0.05, 0) is 25.2 Å². The molecule has 0 unspecified atom stereocenters. The predicted molar refractivity (Wildman–Crippen MR) is 57.5 cm³/mol. The molecule has 0 aromatic heterocycles. The molecular weight excluding hydrogens is 160 g/mol. The average Bonchev–Trinajstić information content (AvgIpc) is 2.34. The van der Waals surface area contributed by atoms with Crippen LogP contribution < -0.4 is 0 Å². The Hall–Kier alpha value is -1.02. The number of allylic oxidation sites excluding steroid dienone is 3. The van der Waals surface area contributed by atoms with Crippen molar-refractivity contribution in [2.75, 3.05) is 34.7 Å². The number of rotatable bonds is 3. The van der Waals surface area contributed by atoms with Gasteiger partial charge in [-0.3, -0.25) is 0 Å². The molecule has 72 valence electrons. The Kier molecular flexibility index (Phi) is 3.32. The fraction of sp³-hybridized carbons (Fsp3) is 0.455. The predicted octanol–water partition coefficient (Wildman–Crippen LogP) is 1.49. The molecule has 0 bridgehead atoms. The summed E-state index contributed by atoms with van der Waals surface area (Å²) in [6.07, 6.45) is 8.58. The second-order valence-corrected chi connectivity index (χ2v) is 3.84. The second-order valence-electron chi connectivity index (χ2n) is 3.84. The topological polar surface area (TPSA) is 6.48 Å². The van der Waals surface area contributed by atoms with Crippen LogP contribution in [0.3, 0.4) is 0 Å². The lowest BCUT2D eigenvalue weighted by molar-refractivity contribution is 0.447. The van der Waals surface area contributed by atoms with Crippen molar-refractivity contribution in [2.24, 2.45) is 0 Å². The first kappa shape index (κ1) is 10.1. The van der Waals surface area contributed by atoms with Gasteiger partial charge in [0.15, 0.2) is 0 Å². The van der Waals surface area contributed by atoms with Gasteiger partial charge in [0.25, 0.3) is 0 Å². The van der Waals surface area contributed by atoms with Crippen molar-refractivity contribution in [3.8, 4) is 0 Å². The van der Waals surface area contributed by atoms with Crippen LogP contribution >= 0.6 is 0 Å². The van der Waals surface area contributed by atoms with Crippen molar-refractivity contribution in [3.05, 3.63) is 35.6 Å². The van der Waals surface area contributed by atoms with Gasteiger partial charge in [-0.1, -0.05) is 18.2 Å². The number of hydrogen-bond acceptors (Lipinski definition) is 2. The molecule has 2 nitrogen and oxygen atoms in total. The van der Waals surface area contributed by atoms with E-state index in [1.165, 1.54) is 11.1 Å². The molecule has 13 heavy (non-hydrogen) atoms. The Morgan fingerprint density at radius 2 is 1.92 bits per heavy atom. The quantitative estimate of drug-likeness (QED) is 0.646. The highest BCUT2D eigenvalue weighted by molar-refractivity contribution is 5.48. The van der Waals surface area contributed by atoms with Gasteiger partial charge >= 0.3 is 0 Å². The molecule has 0 N–H and O–H groups in total. The lowest BCUT2D eigenvalue weighted by atomic mass is 10.1. The molecule has 0 fully saturated rings. The van der Waals surface area contributed by atoms with Gasteiger partial charge in [0.1, 0.15) is 0 Å². The van der Waals surface area contributed by atoms with Crippen LogP contribution in [-0.4, -0.2) is 44.5 Å². The molecule has 1 aliphatic carbocycles. The van der Waals surface area contributed by atoms with E-state index in [1.54, 1.807) is 0 Å². The van der Waals surface area contributed by atoms with Gasteiger partial charge in [-0.2, -0.15) is 0 Å². The Balaban J connectivity index is 2.67. The van der Waals surface area contributed by atoms with Gasteiger partial charge in [-0.25, -0.2) is 0 Å². The van der Waals surface area contributed by atoms with Crippen LogP contribution in [0.4, 0.5) is 0 Å². The molecular formula is C11H18N2. The van der Waals surface area contributed by atoms with Crippen molar-refractivity contribution in [1.29, 1.82) is 0 Å². The molecule has 0 amide bonds. The smallest absolute Gasteiger partial charge is 0.0234 e. The molecule has 0 aromatic rings. The maximum absolute atomic E-state index is 2.18. The van der Waals surface area contributed by atoms with Crippen molar-refractivity contribution < 1.29 is 0 Å². The summed E-state index contributed by atoms with van der Waals surface area (Å²) in [6.45, 7) is 1.01. The van der Waals surface area contributed by atoms with E-state index in [0.717, 1.165) is 6.54 Å². The summed E-state index contributed by atoms with van der Waals surface area (Å²) in [7, 11) is 8.28. The first-order valence-corrected chi connectivity index (χ1v) is 4.50. The number of likely N-dealkylation sites (N-methyl/N-ethyl adjacent to an activating group) is 1. The molecule has 0 atom stereocenters. The molecule has 0 aromatic carbocycles. The van der Waals surface area contributed by atoms with Crippen LogP contribution in [0.25, 0.3) is 0 Å². The third kappa shape index (κ3) is 3.07. The largest absolute Gasteiger partial charge is 0.383 e. The van der Waals surface area contributed by atoms with Gasteiger partial charge in [0, 0.05) is 26.8 Å². The molecule has 1 rings (SSSR count). The van der Waals surface area contributed by atoms with E-state index in [9.17, 15) is 0 Å². The third-order valence-electron chi connectivity index (χ3n) is 1.83. The third-order valence-corrected chi connectivity index (χ3v) is 1.83. The fourth-order valence-corrected chi connectivity index (χ4v) is 1.36. The summed E-state index contributed by atoms with van der Waals surface area (Å²) < 4.78 is 0. The molecule has 0 radical (unpaired) electrons. The summed E-state index contributed by atoms with van der Waals surface area (Å²) >= 11 is 0. The Bertz CT molecular complexity index is 257. The summed E-state index contributed by atoms with van der Waals surface area (Å²) in [6, 6.07) is 0. The van der Waals surface area contributed by atoms with Crippen molar-refractivity contribution in [3.63, 3.8) is 0 Å². The summed E-state index contributed by atoms with van der Waals surface area (Å²) in [5.41, 5.74) is 2.71. The average molecular weight is 178 g/mol. The first-order valence-electron chi connectivity index (χ1n) is 4.50. The zero-order valence-electron chi connectivity index (χ0n) is 8.91. The highest BCUT2D eigenvalue weighted by atomic mass is 15.1. The van der Waals surface area contributed by atoms with E-state index in [0.29, 0.717) is 0 Å². The number of hydrogen-bond donors (Lipinski definition) is 0. The van der Waals surface area contributed by atoms with E-state index in [-0.39, 0.29) is 0 Å². The minimum Gasteiger partial charge on any atom is -0.383 e. The second kappa shape index (κ2) is 4.28. The first-order chi connectivity index (χ1) is 6.09. The Morgan fingerprint density at radius 3 is 2.46 bits per heavy atom. The molecule has 0 heterocycles. The Morgan fingerprint density at radius 1 is 1.23 bits per heavy atom. The van der Waals surface area contributed by atoms with Crippen molar-refractivity contribution in [1.82, 2.24) is 9.80 Å². The van der Waals surface area contributed by atoms with Crippen LogP contribution in [0.2, 0.25) is 0 Å².